The van der Waals surface area contributed by atoms with E-state index in [4.69, 9.17) is 0 Å². The minimum Gasteiger partial charge on any atom is -0.494 e. The van der Waals surface area contributed by atoms with Gasteiger partial charge in [-0.25, -0.2) is 0 Å². The Morgan fingerprint density at radius 1 is 1.45 bits per heavy atom. The van der Waals surface area contributed by atoms with Crippen molar-refractivity contribution in [1.82, 2.24) is 5.01 Å². The Morgan fingerprint density at radius 3 is 2.18 bits per heavy atom. The maximum Gasteiger partial charge on any atom is 0.220 e. The monoisotopic (exact) mass is 156 g/mol. The fraction of sp³-hybridized carbons (Fsp3) is 0.714. The number of nitrogens with zero attached hydrogens (tertiary/aromatic N) is 3. The molecule has 4 nitrogen and oxygen atoms in total. The molecule has 1 N–H and O–H groups in total. The standard InChI is InChI=1S/C7H16N4/c1-7-8-11(4,5)6-10(7)9(2)3/h10H,1-5H3. The Bertz CT molecular complexity index is 183. The molecule has 0 saturated heterocycles. The van der Waals surface area contributed by atoms with Crippen LogP contribution < -0.4 is 5.01 Å². The Kier molecular flexibility index (Phi) is 2.00. The zero-order valence-corrected chi connectivity index (χ0v) is 7.84. The molecule has 1 unspecified atom stereocenters. The Morgan fingerprint density at radius 2 is 2.00 bits per heavy atom. The molecule has 1 rings (SSSR count). The van der Waals surface area contributed by atoms with Crippen LogP contribution in [-0.4, -0.2) is 43.6 Å². The first-order valence-electron chi connectivity index (χ1n) is 3.66. The topological polar surface area (TPSA) is 20.0 Å². The van der Waals surface area contributed by atoms with Crippen molar-refractivity contribution in [3.05, 3.63) is 6.67 Å². The van der Waals surface area contributed by atoms with Crippen molar-refractivity contribution in [2.75, 3.05) is 28.2 Å². The van der Waals surface area contributed by atoms with Crippen molar-refractivity contribution in [3.63, 3.8) is 0 Å². The van der Waals surface area contributed by atoms with Crippen molar-refractivity contribution in [1.29, 1.82) is 0 Å². The van der Waals surface area contributed by atoms with E-state index in [2.05, 4.69) is 11.8 Å². The van der Waals surface area contributed by atoms with Gasteiger partial charge in [0, 0.05) is 21.0 Å². The third-order valence-electron chi connectivity index (χ3n) is 1.57. The molecule has 0 aromatic heterocycles. The van der Waals surface area contributed by atoms with E-state index in [0.717, 1.165) is 10.8 Å². The molecule has 64 valence electrons. The van der Waals surface area contributed by atoms with Crippen LogP contribution >= 0.6 is 0 Å². The van der Waals surface area contributed by atoms with Crippen LogP contribution in [0.25, 0.3) is 0 Å². The minimum absolute atomic E-state index is 0.485. The number of nitrogens with one attached hydrogen (secondary N) is 1. The lowest BCUT2D eigenvalue weighted by Gasteiger charge is -2.49. The summed E-state index contributed by atoms with van der Waals surface area (Å²) < 4.78 is 0.485. The lowest BCUT2D eigenvalue weighted by atomic mass is 10.6. The summed E-state index contributed by atoms with van der Waals surface area (Å²) in [5, 5.41) is 7.51. The van der Waals surface area contributed by atoms with E-state index in [1.807, 2.05) is 40.1 Å². The lowest BCUT2D eigenvalue weighted by Crippen LogP contribution is -3.16. The van der Waals surface area contributed by atoms with Gasteiger partial charge >= 0.3 is 0 Å². The molecule has 0 amide bonds. The van der Waals surface area contributed by atoms with Crippen LogP contribution in [0.3, 0.4) is 0 Å². The third-order valence-corrected chi connectivity index (χ3v) is 1.57. The van der Waals surface area contributed by atoms with E-state index >= 15 is 0 Å². The highest BCUT2D eigenvalue weighted by Gasteiger charge is 2.13. The molecule has 1 atom stereocenters. The average molecular weight is 156 g/mol. The first kappa shape index (κ1) is 8.64. The summed E-state index contributed by atoms with van der Waals surface area (Å²) in [5.74, 6) is 1.06. The Balaban J connectivity index is 2.72. The summed E-state index contributed by atoms with van der Waals surface area (Å²) in [5.41, 5.74) is 0. The quantitative estimate of drug-likeness (QED) is 0.471. The van der Waals surface area contributed by atoms with Crippen molar-refractivity contribution >= 4 is 5.84 Å². The zero-order chi connectivity index (χ0) is 8.65. The first-order valence-corrected chi connectivity index (χ1v) is 3.66. The highest BCUT2D eigenvalue weighted by molar-refractivity contribution is 5.70. The van der Waals surface area contributed by atoms with Crippen molar-refractivity contribution < 1.29 is 9.60 Å². The van der Waals surface area contributed by atoms with E-state index < -0.39 is 0 Å². The maximum atomic E-state index is 4.39. The molecule has 1 aliphatic heterocycles. The van der Waals surface area contributed by atoms with Gasteiger partial charge in [-0.3, -0.25) is 0 Å². The normalized spacial score (nSPS) is 29.3. The highest BCUT2D eigenvalue weighted by atomic mass is 15.8. The molecule has 4 heteroatoms. The third kappa shape index (κ3) is 1.77. The molecule has 1 aliphatic rings. The zero-order valence-electron chi connectivity index (χ0n) is 7.84. The molecule has 0 radical (unpaired) electrons. The van der Waals surface area contributed by atoms with Gasteiger partial charge in [-0.2, -0.15) is 5.01 Å². The van der Waals surface area contributed by atoms with Crippen LogP contribution in [0.4, 0.5) is 0 Å². The van der Waals surface area contributed by atoms with Crippen LogP contribution in [-0.2, 0) is 0 Å². The minimum atomic E-state index is 0.485. The van der Waals surface area contributed by atoms with E-state index in [1.165, 1.54) is 0 Å². The number of quaternary nitrogens is 2. The van der Waals surface area contributed by atoms with E-state index in [1.54, 1.807) is 0 Å². The lowest BCUT2D eigenvalue weighted by molar-refractivity contribution is -1.02. The van der Waals surface area contributed by atoms with Gasteiger partial charge in [0.15, 0.2) is 0 Å². The maximum absolute atomic E-state index is 4.39. The molecular weight excluding hydrogens is 140 g/mol. The fourth-order valence-corrected chi connectivity index (χ4v) is 1.21. The Labute approximate surface area is 68.2 Å². The molecule has 0 aromatic rings. The fourth-order valence-electron chi connectivity index (χ4n) is 1.21. The Hall–Kier alpha value is -0.450. The van der Waals surface area contributed by atoms with Gasteiger partial charge in [-0.15, -0.1) is 0 Å². The molecular formula is C7H16N4. The van der Waals surface area contributed by atoms with Gasteiger partial charge in [-0.1, -0.05) is 5.10 Å². The largest absolute Gasteiger partial charge is 0.494 e. The van der Waals surface area contributed by atoms with Gasteiger partial charge in [0.1, 0.15) is 0 Å². The second-order valence-electron chi connectivity index (χ2n) is 3.43. The smallest absolute Gasteiger partial charge is 0.220 e. The van der Waals surface area contributed by atoms with Gasteiger partial charge in [0.2, 0.25) is 5.84 Å². The number of hydrogen-bond acceptors (Lipinski definition) is 2. The van der Waals surface area contributed by atoms with E-state index in [9.17, 15) is 0 Å². The van der Waals surface area contributed by atoms with E-state index in [0.29, 0.717) is 4.59 Å². The van der Waals surface area contributed by atoms with Crippen molar-refractivity contribution in [3.8, 4) is 0 Å². The summed E-state index contributed by atoms with van der Waals surface area (Å²) >= 11 is 0. The molecule has 11 heavy (non-hydrogen) atoms. The SMILES string of the molecule is CC1=N[N+](C)(C)[C-2][NH+]1N(C)C. The molecule has 0 aliphatic carbocycles. The molecule has 0 bridgehead atoms. The summed E-state index contributed by atoms with van der Waals surface area (Å²) in [4.78, 5) is 0. The first-order chi connectivity index (χ1) is 4.92. The second kappa shape index (κ2) is 2.55. The van der Waals surface area contributed by atoms with Gasteiger partial charge in [-0.05, 0) is 0 Å². The summed E-state index contributed by atoms with van der Waals surface area (Å²) in [6.07, 6.45) is 0. The molecule has 1 heterocycles. The van der Waals surface area contributed by atoms with Crippen LogP contribution in [0.1, 0.15) is 6.92 Å². The van der Waals surface area contributed by atoms with Crippen LogP contribution in [0.5, 0.6) is 0 Å². The summed E-state index contributed by atoms with van der Waals surface area (Å²) in [7, 11) is 8.01. The van der Waals surface area contributed by atoms with Crippen LogP contribution in [0.15, 0.2) is 5.10 Å². The van der Waals surface area contributed by atoms with Crippen LogP contribution in [0.2, 0.25) is 0 Å². The average Bonchev–Trinajstić information content (AvgIpc) is 2.05. The number of amidine groups is 1. The second-order valence-corrected chi connectivity index (χ2v) is 3.43. The molecule has 0 fully saturated rings. The van der Waals surface area contributed by atoms with Crippen molar-refractivity contribution in [2.24, 2.45) is 5.10 Å². The molecule has 0 saturated carbocycles. The van der Waals surface area contributed by atoms with Crippen molar-refractivity contribution in [2.45, 2.75) is 6.92 Å². The molecule has 0 aromatic carbocycles. The van der Waals surface area contributed by atoms with Crippen LogP contribution in [0, 0.1) is 6.67 Å². The highest BCUT2D eigenvalue weighted by Crippen LogP contribution is 2.02. The van der Waals surface area contributed by atoms with E-state index in [-0.39, 0.29) is 0 Å². The number of hydrogen-bond donors (Lipinski definition) is 1. The number of rotatable bonds is 1. The summed E-state index contributed by atoms with van der Waals surface area (Å²) in [6.45, 7) is 5.27. The van der Waals surface area contributed by atoms with Gasteiger partial charge < -0.3 is 16.3 Å². The van der Waals surface area contributed by atoms with Gasteiger partial charge in [0.05, 0.1) is 14.1 Å². The predicted octanol–water partition coefficient (Wildman–Crippen LogP) is -1.23. The predicted molar refractivity (Wildman–Crippen MR) is 43.1 cm³/mol. The summed E-state index contributed by atoms with van der Waals surface area (Å²) in [6, 6.07) is 0. The molecule has 0 spiro atoms. The van der Waals surface area contributed by atoms with Gasteiger partial charge in [0.25, 0.3) is 0 Å².